The van der Waals surface area contributed by atoms with Crippen LogP contribution in [0.2, 0.25) is 0 Å². The number of rotatable bonds is 3. The molecule has 0 radical (unpaired) electrons. The topological polar surface area (TPSA) is 108 Å². The lowest BCUT2D eigenvalue weighted by atomic mass is 10.1. The summed E-state index contributed by atoms with van der Waals surface area (Å²) in [4.78, 5) is 13.6. The average molecular weight is 271 g/mol. The van der Waals surface area contributed by atoms with Gasteiger partial charge in [-0.1, -0.05) is 0 Å². The van der Waals surface area contributed by atoms with Crippen molar-refractivity contribution in [1.29, 1.82) is 0 Å². The Bertz CT molecular complexity index is 503. The Labute approximate surface area is 109 Å². The Hall–Kier alpha value is -1.48. The van der Waals surface area contributed by atoms with Crippen LogP contribution in [0.1, 0.15) is 6.23 Å². The molecule has 3 N–H and O–H groups in total. The molecular formula is C11H17N3O5. The lowest BCUT2D eigenvalue weighted by Gasteiger charge is -2.18. The third-order valence-corrected chi connectivity index (χ3v) is 3.09. The SMILES string of the molecule is CN(C)c1cnn(C2O[C@H](CO)[C@@H](O)[C@H]2O)c(=O)c1. The number of ether oxygens (including phenoxy) is 1. The van der Waals surface area contributed by atoms with Crippen LogP contribution < -0.4 is 10.5 Å². The minimum absolute atomic E-state index is 0.445. The molecular weight excluding hydrogens is 254 g/mol. The lowest BCUT2D eigenvalue weighted by Crippen LogP contribution is -2.36. The fourth-order valence-corrected chi connectivity index (χ4v) is 1.93. The van der Waals surface area contributed by atoms with Crippen LogP contribution in [-0.2, 0) is 4.74 Å². The molecule has 0 amide bonds. The molecule has 8 heteroatoms. The third kappa shape index (κ3) is 2.47. The normalized spacial score (nSPS) is 30.6. The monoisotopic (exact) mass is 271 g/mol. The summed E-state index contributed by atoms with van der Waals surface area (Å²) in [6, 6.07) is 1.35. The van der Waals surface area contributed by atoms with Gasteiger partial charge in [0.25, 0.3) is 5.56 Å². The van der Waals surface area contributed by atoms with Crippen LogP contribution in [0.5, 0.6) is 0 Å². The summed E-state index contributed by atoms with van der Waals surface area (Å²) >= 11 is 0. The number of aliphatic hydroxyl groups is 3. The van der Waals surface area contributed by atoms with Gasteiger partial charge in [-0.2, -0.15) is 9.78 Å². The predicted octanol–water partition coefficient (Wildman–Crippen LogP) is -2.08. The van der Waals surface area contributed by atoms with E-state index in [0.29, 0.717) is 5.69 Å². The van der Waals surface area contributed by atoms with Gasteiger partial charge < -0.3 is 25.0 Å². The first kappa shape index (κ1) is 13.9. The highest BCUT2D eigenvalue weighted by atomic mass is 16.6. The maximum atomic E-state index is 11.9. The second kappa shape index (κ2) is 5.25. The van der Waals surface area contributed by atoms with E-state index in [2.05, 4.69) is 5.10 Å². The number of nitrogens with zero attached hydrogens (tertiary/aromatic N) is 3. The maximum absolute atomic E-state index is 11.9. The summed E-state index contributed by atoms with van der Waals surface area (Å²) in [5, 5.41) is 32.4. The zero-order valence-corrected chi connectivity index (χ0v) is 10.7. The van der Waals surface area contributed by atoms with Gasteiger partial charge in [0.15, 0.2) is 6.23 Å². The van der Waals surface area contributed by atoms with E-state index in [0.717, 1.165) is 4.68 Å². The maximum Gasteiger partial charge on any atom is 0.271 e. The van der Waals surface area contributed by atoms with Crippen molar-refractivity contribution in [2.24, 2.45) is 0 Å². The van der Waals surface area contributed by atoms with Crippen molar-refractivity contribution in [3.63, 3.8) is 0 Å². The van der Waals surface area contributed by atoms with Crippen molar-refractivity contribution in [3.05, 3.63) is 22.6 Å². The highest BCUT2D eigenvalue weighted by Gasteiger charge is 2.44. The van der Waals surface area contributed by atoms with E-state index in [1.807, 2.05) is 0 Å². The molecule has 0 spiro atoms. The van der Waals surface area contributed by atoms with Crippen molar-refractivity contribution < 1.29 is 20.1 Å². The van der Waals surface area contributed by atoms with Gasteiger partial charge in [-0.3, -0.25) is 4.79 Å². The molecule has 2 rings (SSSR count). The zero-order chi connectivity index (χ0) is 14.2. The first-order valence-electron chi connectivity index (χ1n) is 5.84. The fourth-order valence-electron chi connectivity index (χ4n) is 1.93. The summed E-state index contributed by atoms with van der Waals surface area (Å²) in [5.74, 6) is 0. The molecule has 106 valence electrons. The first-order valence-corrected chi connectivity index (χ1v) is 5.84. The van der Waals surface area contributed by atoms with Crippen LogP contribution in [0.15, 0.2) is 17.1 Å². The Morgan fingerprint density at radius 3 is 2.58 bits per heavy atom. The van der Waals surface area contributed by atoms with Crippen molar-refractivity contribution in [1.82, 2.24) is 9.78 Å². The number of aliphatic hydroxyl groups excluding tert-OH is 3. The smallest absolute Gasteiger partial charge is 0.271 e. The molecule has 4 atom stereocenters. The summed E-state index contributed by atoms with van der Waals surface area (Å²) in [5.41, 5.74) is 0.161. The van der Waals surface area contributed by atoms with Crippen molar-refractivity contribution in [2.45, 2.75) is 24.5 Å². The third-order valence-electron chi connectivity index (χ3n) is 3.09. The highest BCUT2D eigenvalue weighted by Crippen LogP contribution is 2.27. The van der Waals surface area contributed by atoms with Gasteiger partial charge in [0.05, 0.1) is 18.5 Å². The Morgan fingerprint density at radius 2 is 2.11 bits per heavy atom. The number of hydrogen-bond donors (Lipinski definition) is 3. The largest absolute Gasteiger partial charge is 0.394 e. The number of aromatic nitrogens is 2. The van der Waals surface area contributed by atoms with Crippen molar-refractivity contribution >= 4 is 5.69 Å². The molecule has 8 nitrogen and oxygen atoms in total. The molecule has 1 fully saturated rings. The van der Waals surface area contributed by atoms with Gasteiger partial charge >= 0.3 is 0 Å². The molecule has 1 aliphatic rings. The number of anilines is 1. The molecule has 1 unspecified atom stereocenters. The molecule has 1 saturated heterocycles. The Balaban J connectivity index is 2.31. The molecule has 1 aromatic heterocycles. The average Bonchev–Trinajstić information content (AvgIpc) is 2.66. The quantitative estimate of drug-likeness (QED) is 0.579. The zero-order valence-electron chi connectivity index (χ0n) is 10.7. The van der Waals surface area contributed by atoms with Crippen LogP contribution in [0, 0.1) is 0 Å². The fraction of sp³-hybridized carbons (Fsp3) is 0.636. The molecule has 0 aromatic carbocycles. The van der Waals surface area contributed by atoms with Gasteiger partial charge in [0.1, 0.15) is 18.3 Å². The van der Waals surface area contributed by atoms with Crippen LogP contribution >= 0.6 is 0 Å². The second-order valence-corrected chi connectivity index (χ2v) is 4.62. The van der Waals surface area contributed by atoms with Gasteiger partial charge in [0, 0.05) is 20.2 Å². The standard InChI is InChI=1S/C11H17N3O5/c1-13(2)6-3-8(16)14(12-4-6)11-10(18)9(17)7(5-15)19-11/h3-4,7,9-11,15,17-18H,5H2,1-2H3/t7-,9-,10-,11?/m1/s1. The molecule has 2 heterocycles. The molecule has 19 heavy (non-hydrogen) atoms. The van der Waals surface area contributed by atoms with Crippen molar-refractivity contribution in [3.8, 4) is 0 Å². The van der Waals surface area contributed by atoms with E-state index in [9.17, 15) is 15.0 Å². The van der Waals surface area contributed by atoms with E-state index in [1.165, 1.54) is 12.3 Å². The minimum atomic E-state index is -1.31. The van der Waals surface area contributed by atoms with E-state index >= 15 is 0 Å². The first-order chi connectivity index (χ1) is 8.95. The van der Waals surface area contributed by atoms with E-state index in [1.54, 1.807) is 19.0 Å². The molecule has 1 aliphatic heterocycles. The summed E-state index contributed by atoms with van der Waals surface area (Å²) < 4.78 is 6.19. The van der Waals surface area contributed by atoms with E-state index in [-0.39, 0.29) is 0 Å². The summed E-state index contributed by atoms with van der Waals surface area (Å²) in [6.07, 6.45) is -3.14. The van der Waals surface area contributed by atoms with Gasteiger partial charge in [-0.25, -0.2) is 0 Å². The van der Waals surface area contributed by atoms with Crippen LogP contribution in [0.3, 0.4) is 0 Å². The van der Waals surface area contributed by atoms with E-state index < -0.39 is 36.7 Å². The van der Waals surface area contributed by atoms with Crippen LogP contribution in [0.25, 0.3) is 0 Å². The van der Waals surface area contributed by atoms with Crippen LogP contribution in [0.4, 0.5) is 5.69 Å². The molecule has 0 bridgehead atoms. The van der Waals surface area contributed by atoms with Crippen LogP contribution in [-0.4, -0.2) is 64.1 Å². The molecule has 1 aromatic rings. The summed E-state index contributed by atoms with van der Waals surface area (Å²) in [6.45, 7) is -0.445. The van der Waals surface area contributed by atoms with Gasteiger partial charge in [0.2, 0.25) is 0 Å². The van der Waals surface area contributed by atoms with Gasteiger partial charge in [-0.05, 0) is 0 Å². The van der Waals surface area contributed by atoms with Gasteiger partial charge in [-0.15, -0.1) is 0 Å². The summed E-state index contributed by atoms with van der Waals surface area (Å²) in [7, 11) is 3.54. The predicted molar refractivity (Wildman–Crippen MR) is 65.8 cm³/mol. The molecule has 0 saturated carbocycles. The Kier molecular flexibility index (Phi) is 3.85. The lowest BCUT2D eigenvalue weighted by molar-refractivity contribution is -0.0609. The Morgan fingerprint density at radius 1 is 1.42 bits per heavy atom. The second-order valence-electron chi connectivity index (χ2n) is 4.62. The minimum Gasteiger partial charge on any atom is -0.394 e. The van der Waals surface area contributed by atoms with Crippen molar-refractivity contribution in [2.75, 3.05) is 25.6 Å². The highest BCUT2D eigenvalue weighted by molar-refractivity contribution is 5.40. The number of hydrogen-bond acceptors (Lipinski definition) is 7. The van der Waals surface area contributed by atoms with E-state index in [4.69, 9.17) is 9.84 Å². The molecule has 0 aliphatic carbocycles.